The summed E-state index contributed by atoms with van der Waals surface area (Å²) in [4.78, 5) is 42.1. The highest BCUT2D eigenvalue weighted by molar-refractivity contribution is 7.10. The number of hydrogen-bond acceptors (Lipinski definition) is 5. The number of carbonyl (C=O) groups excluding carboxylic acids is 3. The van der Waals surface area contributed by atoms with Crippen molar-refractivity contribution in [1.82, 2.24) is 9.80 Å². The molecule has 2 heterocycles. The van der Waals surface area contributed by atoms with E-state index in [0.29, 0.717) is 31.1 Å². The number of ether oxygens (including phenoxy) is 1. The number of rotatable bonds is 8. The Bertz CT molecular complexity index is 911. The molecule has 7 nitrogen and oxygen atoms in total. The van der Waals surface area contributed by atoms with E-state index in [1.807, 2.05) is 11.8 Å². The Hall–Kier alpha value is -2.87. The summed E-state index contributed by atoms with van der Waals surface area (Å²) in [5.74, 6) is 0.143. The molecule has 1 N–H and O–H groups in total. The number of fused-ring (bicyclic) bond motifs is 1. The number of carbonyl (C=O) groups is 3. The number of methoxy groups -OCH3 is 1. The number of nitrogens with one attached hydrogen (secondary N) is 1. The minimum atomic E-state index is -0.286. The first-order valence-electron chi connectivity index (χ1n) is 10.0. The van der Waals surface area contributed by atoms with E-state index in [1.54, 1.807) is 42.7 Å². The summed E-state index contributed by atoms with van der Waals surface area (Å²) in [6, 6.07) is 9.10. The lowest BCUT2D eigenvalue weighted by molar-refractivity contribution is -0.138. The fourth-order valence-electron chi connectivity index (χ4n) is 3.44. The SMILES string of the molecule is CCN(CC(=O)Nc1cccc(OC)c1)C(=O)CCC(=O)N1CCc2sccc2C1. The lowest BCUT2D eigenvalue weighted by Crippen LogP contribution is -2.39. The third kappa shape index (κ3) is 5.60. The van der Waals surface area contributed by atoms with Crippen molar-refractivity contribution >= 4 is 34.7 Å². The van der Waals surface area contributed by atoms with Gasteiger partial charge < -0.3 is 19.9 Å². The number of hydrogen-bond donors (Lipinski definition) is 1. The number of anilines is 1. The molecular weight excluding hydrogens is 402 g/mol. The standard InChI is InChI=1S/C22H27N3O4S/c1-3-24(15-20(26)23-17-5-4-6-18(13-17)29-2)21(27)7-8-22(28)25-11-9-19-16(14-25)10-12-30-19/h4-6,10,12-13H,3,7-9,11,14-15H2,1-2H3,(H,23,26). The van der Waals surface area contributed by atoms with Gasteiger partial charge in [-0.05, 0) is 42.5 Å². The second-order valence-electron chi connectivity index (χ2n) is 7.12. The van der Waals surface area contributed by atoms with Crippen molar-refractivity contribution in [3.05, 3.63) is 46.2 Å². The molecule has 0 saturated carbocycles. The third-order valence-electron chi connectivity index (χ3n) is 5.14. The molecule has 0 saturated heterocycles. The molecular formula is C22H27N3O4S. The topological polar surface area (TPSA) is 79.0 Å². The van der Waals surface area contributed by atoms with Gasteiger partial charge in [-0.25, -0.2) is 0 Å². The summed E-state index contributed by atoms with van der Waals surface area (Å²) >= 11 is 1.73. The van der Waals surface area contributed by atoms with Gasteiger partial charge in [0, 0.05) is 49.1 Å². The minimum absolute atomic E-state index is 0.0166. The van der Waals surface area contributed by atoms with Crippen molar-refractivity contribution in [3.63, 3.8) is 0 Å². The van der Waals surface area contributed by atoms with Crippen LogP contribution in [0.2, 0.25) is 0 Å². The highest BCUT2D eigenvalue weighted by Gasteiger charge is 2.23. The fraction of sp³-hybridized carbons (Fsp3) is 0.409. The number of amides is 3. The van der Waals surface area contributed by atoms with Crippen LogP contribution in [0.1, 0.15) is 30.2 Å². The highest BCUT2D eigenvalue weighted by atomic mass is 32.1. The van der Waals surface area contributed by atoms with Gasteiger partial charge in [0.2, 0.25) is 17.7 Å². The van der Waals surface area contributed by atoms with Crippen molar-refractivity contribution in [1.29, 1.82) is 0 Å². The molecule has 2 aromatic rings. The molecule has 8 heteroatoms. The van der Waals surface area contributed by atoms with Crippen LogP contribution in [-0.2, 0) is 27.3 Å². The van der Waals surface area contributed by atoms with E-state index >= 15 is 0 Å². The normalized spacial score (nSPS) is 12.8. The van der Waals surface area contributed by atoms with Crippen LogP contribution < -0.4 is 10.1 Å². The molecule has 0 aliphatic carbocycles. The Morgan fingerprint density at radius 3 is 2.83 bits per heavy atom. The molecule has 1 aromatic heterocycles. The molecule has 0 atom stereocenters. The van der Waals surface area contributed by atoms with Gasteiger partial charge in [-0.1, -0.05) is 6.07 Å². The average molecular weight is 430 g/mol. The van der Waals surface area contributed by atoms with E-state index in [0.717, 1.165) is 6.42 Å². The van der Waals surface area contributed by atoms with Crippen LogP contribution in [0, 0.1) is 0 Å². The first-order valence-corrected chi connectivity index (χ1v) is 10.9. The van der Waals surface area contributed by atoms with Crippen LogP contribution in [0.15, 0.2) is 35.7 Å². The predicted octanol–water partition coefficient (Wildman–Crippen LogP) is 2.91. The van der Waals surface area contributed by atoms with E-state index in [9.17, 15) is 14.4 Å². The minimum Gasteiger partial charge on any atom is -0.497 e. The molecule has 0 radical (unpaired) electrons. The maximum Gasteiger partial charge on any atom is 0.243 e. The smallest absolute Gasteiger partial charge is 0.243 e. The highest BCUT2D eigenvalue weighted by Crippen LogP contribution is 2.24. The number of likely N-dealkylation sites (N-methyl/N-ethyl adjacent to an activating group) is 1. The van der Waals surface area contributed by atoms with E-state index < -0.39 is 0 Å². The zero-order chi connectivity index (χ0) is 21.5. The van der Waals surface area contributed by atoms with Gasteiger partial charge >= 0.3 is 0 Å². The quantitative estimate of drug-likeness (QED) is 0.700. The van der Waals surface area contributed by atoms with Crippen LogP contribution >= 0.6 is 11.3 Å². The average Bonchev–Trinajstić information content (AvgIpc) is 3.23. The Kier molecular flexibility index (Phi) is 7.46. The lowest BCUT2D eigenvalue weighted by Gasteiger charge is -2.27. The molecule has 1 aliphatic heterocycles. The third-order valence-corrected chi connectivity index (χ3v) is 6.16. The second-order valence-corrected chi connectivity index (χ2v) is 8.12. The Morgan fingerprint density at radius 1 is 1.23 bits per heavy atom. The molecule has 0 bridgehead atoms. The van der Waals surface area contributed by atoms with Gasteiger partial charge in [-0.15, -0.1) is 11.3 Å². The van der Waals surface area contributed by atoms with Crippen molar-refractivity contribution < 1.29 is 19.1 Å². The Labute approximate surface area is 180 Å². The molecule has 0 spiro atoms. The van der Waals surface area contributed by atoms with Gasteiger partial charge in [0.05, 0.1) is 13.7 Å². The molecule has 3 amide bonds. The predicted molar refractivity (Wildman–Crippen MR) is 117 cm³/mol. The monoisotopic (exact) mass is 429 g/mol. The number of benzene rings is 1. The van der Waals surface area contributed by atoms with Gasteiger partial charge in [0.15, 0.2) is 0 Å². The zero-order valence-electron chi connectivity index (χ0n) is 17.3. The maximum absolute atomic E-state index is 12.6. The Balaban J connectivity index is 1.47. The van der Waals surface area contributed by atoms with Crippen molar-refractivity contribution in [2.45, 2.75) is 32.7 Å². The molecule has 1 aromatic carbocycles. The van der Waals surface area contributed by atoms with Gasteiger partial charge in [-0.3, -0.25) is 14.4 Å². The maximum atomic E-state index is 12.6. The lowest BCUT2D eigenvalue weighted by atomic mass is 10.1. The largest absolute Gasteiger partial charge is 0.497 e. The summed E-state index contributed by atoms with van der Waals surface area (Å²) < 4.78 is 5.14. The molecule has 0 unspecified atom stereocenters. The molecule has 1 aliphatic rings. The molecule has 30 heavy (non-hydrogen) atoms. The van der Waals surface area contributed by atoms with Crippen molar-refractivity contribution in [2.24, 2.45) is 0 Å². The van der Waals surface area contributed by atoms with Crippen LogP contribution in [0.3, 0.4) is 0 Å². The molecule has 3 rings (SSSR count). The van der Waals surface area contributed by atoms with E-state index in [1.165, 1.54) is 15.3 Å². The summed E-state index contributed by atoms with van der Waals surface area (Å²) in [6.45, 7) is 3.48. The summed E-state index contributed by atoms with van der Waals surface area (Å²) in [6.07, 6.45) is 1.14. The van der Waals surface area contributed by atoms with Gasteiger partial charge in [-0.2, -0.15) is 0 Å². The summed E-state index contributed by atoms with van der Waals surface area (Å²) in [7, 11) is 1.56. The molecule has 160 valence electrons. The molecule has 0 fully saturated rings. The Morgan fingerprint density at radius 2 is 2.07 bits per heavy atom. The van der Waals surface area contributed by atoms with Crippen LogP contribution in [-0.4, -0.2) is 54.3 Å². The number of nitrogens with zero attached hydrogens (tertiary/aromatic N) is 2. The second kappa shape index (κ2) is 10.2. The van der Waals surface area contributed by atoms with E-state index in [-0.39, 0.29) is 37.1 Å². The summed E-state index contributed by atoms with van der Waals surface area (Å²) in [5.41, 5.74) is 1.81. The van der Waals surface area contributed by atoms with Crippen LogP contribution in [0.25, 0.3) is 0 Å². The van der Waals surface area contributed by atoms with E-state index in [2.05, 4.69) is 16.8 Å². The van der Waals surface area contributed by atoms with Crippen LogP contribution in [0.5, 0.6) is 5.75 Å². The first-order chi connectivity index (χ1) is 14.5. The van der Waals surface area contributed by atoms with Crippen molar-refractivity contribution in [3.8, 4) is 5.75 Å². The van der Waals surface area contributed by atoms with Crippen LogP contribution in [0.4, 0.5) is 5.69 Å². The van der Waals surface area contributed by atoms with Gasteiger partial charge in [0.25, 0.3) is 0 Å². The fourth-order valence-corrected chi connectivity index (χ4v) is 4.33. The van der Waals surface area contributed by atoms with Crippen molar-refractivity contribution in [2.75, 3.05) is 32.1 Å². The first kappa shape index (κ1) is 21.8. The number of thiophene rings is 1. The zero-order valence-corrected chi connectivity index (χ0v) is 18.2. The van der Waals surface area contributed by atoms with Gasteiger partial charge in [0.1, 0.15) is 5.75 Å². The summed E-state index contributed by atoms with van der Waals surface area (Å²) in [5, 5.41) is 4.83. The van der Waals surface area contributed by atoms with E-state index in [4.69, 9.17) is 4.74 Å².